The molecule has 2 rings (SSSR count). The number of carbonyl (C=O) groups is 2. The van der Waals surface area contributed by atoms with E-state index < -0.39 is 12.1 Å². The minimum atomic E-state index is -0.979. The Morgan fingerprint density at radius 1 is 1.58 bits per heavy atom. The van der Waals surface area contributed by atoms with Crippen molar-refractivity contribution in [3.05, 3.63) is 22.4 Å². The maximum atomic E-state index is 11.9. The normalized spacial score (nSPS) is 18.5. The van der Waals surface area contributed by atoms with Gasteiger partial charge in [-0.1, -0.05) is 6.07 Å². The molecule has 1 fully saturated rings. The summed E-state index contributed by atoms with van der Waals surface area (Å²) in [5.41, 5.74) is 0. The van der Waals surface area contributed by atoms with Crippen LogP contribution in [0.15, 0.2) is 17.5 Å². The number of thiophene rings is 1. The van der Waals surface area contributed by atoms with Gasteiger partial charge in [0.15, 0.2) is 0 Å². The lowest BCUT2D eigenvalue weighted by molar-refractivity contribution is -0.124. The zero-order valence-electron chi connectivity index (χ0n) is 10.2. The number of halogens is 1. The van der Waals surface area contributed by atoms with Crippen molar-refractivity contribution in [3.8, 4) is 0 Å². The van der Waals surface area contributed by atoms with Gasteiger partial charge in [0.25, 0.3) is 0 Å². The van der Waals surface area contributed by atoms with Crippen molar-refractivity contribution in [2.45, 2.75) is 12.6 Å². The fourth-order valence-corrected chi connectivity index (χ4v) is 2.45. The summed E-state index contributed by atoms with van der Waals surface area (Å²) in [4.78, 5) is 25.0. The monoisotopic (exact) mass is 305 g/mol. The van der Waals surface area contributed by atoms with Gasteiger partial charge in [-0.15, -0.1) is 23.7 Å². The van der Waals surface area contributed by atoms with Crippen LogP contribution in [0.25, 0.3) is 0 Å². The molecule has 3 N–H and O–H groups in total. The van der Waals surface area contributed by atoms with Crippen molar-refractivity contribution in [1.82, 2.24) is 15.5 Å². The summed E-state index contributed by atoms with van der Waals surface area (Å²) in [6.07, 6.45) is -0.979. The molecule has 8 heteroatoms. The van der Waals surface area contributed by atoms with Crippen molar-refractivity contribution in [2.24, 2.45) is 0 Å². The zero-order valence-corrected chi connectivity index (χ0v) is 11.8. The van der Waals surface area contributed by atoms with Crippen molar-refractivity contribution in [3.63, 3.8) is 0 Å². The Bertz CT molecular complexity index is 427. The van der Waals surface area contributed by atoms with Gasteiger partial charge in [-0.05, 0) is 11.4 Å². The van der Waals surface area contributed by atoms with E-state index in [0.717, 1.165) is 4.88 Å². The molecule has 1 aromatic rings. The van der Waals surface area contributed by atoms with Crippen LogP contribution in [0.4, 0.5) is 4.79 Å². The first-order chi connectivity index (χ1) is 8.66. The van der Waals surface area contributed by atoms with E-state index in [1.807, 2.05) is 17.5 Å². The standard InChI is InChI=1S/C11H15N3O3S.ClH/c15-10(13-6-8-2-1-5-18-8)9-7-14(11(16)17)4-3-12-9;/h1-2,5,9,12H,3-4,6-7H2,(H,13,15)(H,16,17);1H/t9-;/m0./s1. The average molecular weight is 306 g/mol. The Morgan fingerprint density at radius 2 is 2.37 bits per heavy atom. The van der Waals surface area contributed by atoms with Crippen LogP contribution < -0.4 is 10.6 Å². The number of carbonyl (C=O) groups excluding carboxylic acids is 1. The third-order valence-corrected chi connectivity index (χ3v) is 3.66. The molecule has 1 saturated heterocycles. The molecule has 0 saturated carbocycles. The van der Waals surface area contributed by atoms with Gasteiger partial charge in [-0.25, -0.2) is 4.79 Å². The van der Waals surface area contributed by atoms with Crippen LogP contribution in [0.5, 0.6) is 0 Å². The molecule has 1 atom stereocenters. The molecule has 0 aromatic carbocycles. The molecule has 0 aliphatic carbocycles. The van der Waals surface area contributed by atoms with E-state index in [4.69, 9.17) is 5.11 Å². The summed E-state index contributed by atoms with van der Waals surface area (Å²) < 4.78 is 0. The Hall–Kier alpha value is -1.31. The van der Waals surface area contributed by atoms with E-state index in [1.54, 1.807) is 11.3 Å². The highest BCUT2D eigenvalue weighted by atomic mass is 35.5. The molecule has 2 amide bonds. The molecule has 2 heterocycles. The van der Waals surface area contributed by atoms with Gasteiger partial charge < -0.3 is 20.6 Å². The van der Waals surface area contributed by atoms with Crippen LogP contribution in [-0.2, 0) is 11.3 Å². The van der Waals surface area contributed by atoms with Gasteiger partial charge in [0.05, 0.1) is 6.54 Å². The van der Waals surface area contributed by atoms with Gasteiger partial charge in [0.1, 0.15) is 6.04 Å². The van der Waals surface area contributed by atoms with Crippen LogP contribution in [0.3, 0.4) is 0 Å². The zero-order chi connectivity index (χ0) is 13.0. The van der Waals surface area contributed by atoms with Gasteiger partial charge in [-0.2, -0.15) is 0 Å². The quantitative estimate of drug-likeness (QED) is 0.769. The molecule has 19 heavy (non-hydrogen) atoms. The van der Waals surface area contributed by atoms with Crippen LogP contribution in [0, 0.1) is 0 Å². The summed E-state index contributed by atoms with van der Waals surface area (Å²) in [6, 6.07) is 3.41. The topological polar surface area (TPSA) is 81.7 Å². The summed E-state index contributed by atoms with van der Waals surface area (Å²) in [6.45, 7) is 1.61. The second-order valence-corrected chi connectivity index (χ2v) is 5.06. The van der Waals surface area contributed by atoms with Crippen LogP contribution in [0.2, 0.25) is 0 Å². The van der Waals surface area contributed by atoms with E-state index in [0.29, 0.717) is 19.6 Å². The number of carboxylic acid groups (broad SMARTS) is 1. The fraction of sp³-hybridized carbons (Fsp3) is 0.455. The molecular weight excluding hydrogens is 290 g/mol. The lowest BCUT2D eigenvalue weighted by atomic mass is 10.2. The first-order valence-corrected chi connectivity index (χ1v) is 6.56. The fourth-order valence-electron chi connectivity index (χ4n) is 1.81. The number of amides is 2. The second kappa shape index (κ2) is 7.32. The summed E-state index contributed by atoms with van der Waals surface area (Å²) in [5.74, 6) is -0.158. The van der Waals surface area contributed by atoms with Crippen molar-refractivity contribution < 1.29 is 14.7 Å². The Labute approximate surface area is 121 Å². The smallest absolute Gasteiger partial charge is 0.407 e. The highest BCUT2D eigenvalue weighted by Crippen LogP contribution is 2.08. The SMILES string of the molecule is Cl.O=C(NCc1cccs1)[C@@H]1CN(C(=O)O)CCN1. The third-order valence-electron chi connectivity index (χ3n) is 2.78. The van der Waals surface area contributed by atoms with Gasteiger partial charge >= 0.3 is 6.09 Å². The molecule has 106 valence electrons. The highest BCUT2D eigenvalue weighted by molar-refractivity contribution is 7.09. The maximum absolute atomic E-state index is 11.9. The lowest BCUT2D eigenvalue weighted by Gasteiger charge is -2.30. The Kier molecular flexibility index (Phi) is 6.07. The largest absolute Gasteiger partial charge is 0.465 e. The van der Waals surface area contributed by atoms with E-state index in [2.05, 4.69) is 10.6 Å². The molecule has 1 aromatic heterocycles. The molecule has 1 aliphatic rings. The predicted molar refractivity (Wildman–Crippen MR) is 74.8 cm³/mol. The van der Waals surface area contributed by atoms with Crippen LogP contribution in [0.1, 0.15) is 4.88 Å². The van der Waals surface area contributed by atoms with Crippen molar-refractivity contribution >= 4 is 35.7 Å². The first kappa shape index (κ1) is 15.7. The molecule has 0 unspecified atom stereocenters. The predicted octanol–water partition coefficient (Wildman–Crippen LogP) is 0.738. The summed E-state index contributed by atoms with van der Waals surface area (Å²) >= 11 is 1.58. The second-order valence-electron chi connectivity index (χ2n) is 4.03. The average Bonchev–Trinajstić information content (AvgIpc) is 2.89. The molecule has 0 bridgehead atoms. The Balaban J connectivity index is 0.00000180. The molecular formula is C11H16ClN3O3S. The van der Waals surface area contributed by atoms with Gasteiger partial charge in [0, 0.05) is 24.5 Å². The molecule has 0 radical (unpaired) electrons. The minimum Gasteiger partial charge on any atom is -0.465 e. The first-order valence-electron chi connectivity index (χ1n) is 5.68. The molecule has 0 spiro atoms. The number of nitrogens with one attached hydrogen (secondary N) is 2. The number of rotatable bonds is 3. The molecule has 1 aliphatic heterocycles. The number of piperazine rings is 1. The lowest BCUT2D eigenvalue weighted by Crippen LogP contribution is -2.58. The van der Waals surface area contributed by atoms with E-state index in [9.17, 15) is 9.59 Å². The molecule has 6 nitrogen and oxygen atoms in total. The van der Waals surface area contributed by atoms with E-state index in [1.165, 1.54) is 4.90 Å². The van der Waals surface area contributed by atoms with Crippen molar-refractivity contribution in [1.29, 1.82) is 0 Å². The van der Waals surface area contributed by atoms with Crippen LogP contribution >= 0.6 is 23.7 Å². The maximum Gasteiger partial charge on any atom is 0.407 e. The third kappa shape index (κ3) is 4.38. The van der Waals surface area contributed by atoms with Crippen molar-refractivity contribution in [2.75, 3.05) is 19.6 Å². The number of hydrogen-bond acceptors (Lipinski definition) is 4. The minimum absolute atomic E-state index is 0. The highest BCUT2D eigenvalue weighted by Gasteiger charge is 2.27. The number of hydrogen-bond donors (Lipinski definition) is 3. The van der Waals surface area contributed by atoms with E-state index >= 15 is 0 Å². The number of nitrogens with zero attached hydrogens (tertiary/aromatic N) is 1. The van der Waals surface area contributed by atoms with Crippen LogP contribution in [-0.4, -0.2) is 47.7 Å². The summed E-state index contributed by atoms with van der Waals surface area (Å²) in [7, 11) is 0. The van der Waals surface area contributed by atoms with E-state index in [-0.39, 0.29) is 24.9 Å². The van der Waals surface area contributed by atoms with Gasteiger partial charge in [0.2, 0.25) is 5.91 Å². The Morgan fingerprint density at radius 3 is 3.00 bits per heavy atom. The van der Waals surface area contributed by atoms with Gasteiger partial charge in [-0.3, -0.25) is 4.79 Å². The summed E-state index contributed by atoms with van der Waals surface area (Å²) in [5, 5.41) is 16.7.